The molecule has 29 heavy (non-hydrogen) atoms. The number of carbonyl (C=O) groups excluding carboxylic acids is 1. The fourth-order valence-corrected chi connectivity index (χ4v) is 3.21. The molecule has 0 atom stereocenters. The molecule has 0 amide bonds. The first-order valence-electron chi connectivity index (χ1n) is 9.56. The van der Waals surface area contributed by atoms with Crippen molar-refractivity contribution in [1.29, 1.82) is 0 Å². The van der Waals surface area contributed by atoms with E-state index in [1.165, 1.54) is 5.56 Å². The third-order valence-electron chi connectivity index (χ3n) is 4.50. The van der Waals surface area contributed by atoms with Gasteiger partial charge in [-0.15, -0.1) is 0 Å². The Morgan fingerprint density at radius 2 is 1.83 bits per heavy atom. The van der Waals surface area contributed by atoms with Gasteiger partial charge in [0.2, 0.25) is 0 Å². The standard InChI is InChI=1S/C23H22N2O4/c1-2-28-22(26)16-27-15-18-12-13-21(29-18)23-19-10-6-7-11-20(19)25(24-23)14-17-8-4-3-5-9-17/h3-13H,2,14-16H2,1H3. The van der Waals surface area contributed by atoms with Crippen molar-refractivity contribution in [3.05, 3.63) is 78.1 Å². The number of nitrogens with zero attached hydrogens (tertiary/aromatic N) is 2. The second-order valence-electron chi connectivity index (χ2n) is 6.57. The lowest BCUT2D eigenvalue weighted by atomic mass is 10.2. The van der Waals surface area contributed by atoms with E-state index >= 15 is 0 Å². The predicted octanol–water partition coefficient (Wildman–Crippen LogP) is 4.42. The van der Waals surface area contributed by atoms with Crippen LogP contribution in [0.4, 0.5) is 0 Å². The molecule has 2 aromatic carbocycles. The molecule has 0 aliphatic rings. The van der Waals surface area contributed by atoms with Crippen molar-refractivity contribution in [1.82, 2.24) is 9.78 Å². The minimum Gasteiger partial charge on any atom is -0.464 e. The number of fused-ring (bicyclic) bond motifs is 1. The molecule has 2 heterocycles. The molecule has 2 aromatic heterocycles. The van der Waals surface area contributed by atoms with Gasteiger partial charge in [-0.05, 0) is 30.7 Å². The summed E-state index contributed by atoms with van der Waals surface area (Å²) in [7, 11) is 0. The van der Waals surface area contributed by atoms with Gasteiger partial charge in [0.15, 0.2) is 5.76 Å². The van der Waals surface area contributed by atoms with E-state index in [-0.39, 0.29) is 19.2 Å². The Morgan fingerprint density at radius 3 is 2.66 bits per heavy atom. The van der Waals surface area contributed by atoms with Crippen LogP contribution in [0.25, 0.3) is 22.4 Å². The first-order chi connectivity index (χ1) is 14.2. The maximum atomic E-state index is 11.4. The lowest BCUT2D eigenvalue weighted by molar-refractivity contribution is -0.149. The Labute approximate surface area is 168 Å². The number of benzene rings is 2. The molecule has 0 radical (unpaired) electrons. The van der Waals surface area contributed by atoms with Crippen LogP contribution in [-0.2, 0) is 27.4 Å². The average molecular weight is 390 g/mol. The van der Waals surface area contributed by atoms with Crippen LogP contribution in [0.15, 0.2) is 71.1 Å². The minimum atomic E-state index is -0.384. The summed E-state index contributed by atoms with van der Waals surface area (Å²) in [6, 6.07) is 22.0. The molecule has 0 N–H and O–H groups in total. The normalized spacial score (nSPS) is 11.1. The zero-order valence-corrected chi connectivity index (χ0v) is 16.2. The van der Waals surface area contributed by atoms with Crippen LogP contribution in [0.2, 0.25) is 0 Å². The van der Waals surface area contributed by atoms with E-state index in [1.807, 2.05) is 53.2 Å². The van der Waals surface area contributed by atoms with E-state index in [1.54, 1.807) is 6.92 Å². The van der Waals surface area contributed by atoms with Crippen molar-refractivity contribution in [3.8, 4) is 11.5 Å². The topological polar surface area (TPSA) is 66.5 Å². The maximum absolute atomic E-state index is 11.4. The molecule has 0 saturated heterocycles. The quantitative estimate of drug-likeness (QED) is 0.417. The maximum Gasteiger partial charge on any atom is 0.332 e. The zero-order chi connectivity index (χ0) is 20.1. The van der Waals surface area contributed by atoms with Crippen LogP contribution in [0.1, 0.15) is 18.2 Å². The summed E-state index contributed by atoms with van der Waals surface area (Å²) in [5, 5.41) is 5.83. The summed E-state index contributed by atoms with van der Waals surface area (Å²) in [6.07, 6.45) is 0. The zero-order valence-electron chi connectivity index (χ0n) is 16.2. The molecule has 0 unspecified atom stereocenters. The highest BCUT2D eigenvalue weighted by molar-refractivity contribution is 5.92. The van der Waals surface area contributed by atoms with Gasteiger partial charge in [0, 0.05) is 5.39 Å². The highest BCUT2D eigenvalue weighted by atomic mass is 16.6. The first-order valence-corrected chi connectivity index (χ1v) is 9.56. The highest BCUT2D eigenvalue weighted by Gasteiger charge is 2.16. The van der Waals surface area contributed by atoms with Crippen molar-refractivity contribution >= 4 is 16.9 Å². The van der Waals surface area contributed by atoms with Crippen molar-refractivity contribution in [3.63, 3.8) is 0 Å². The summed E-state index contributed by atoms with van der Waals surface area (Å²) >= 11 is 0. The minimum absolute atomic E-state index is 0.0987. The molecule has 0 bridgehead atoms. The van der Waals surface area contributed by atoms with Gasteiger partial charge in [-0.25, -0.2) is 4.79 Å². The van der Waals surface area contributed by atoms with Crippen LogP contribution in [-0.4, -0.2) is 29.0 Å². The van der Waals surface area contributed by atoms with Crippen LogP contribution in [0.5, 0.6) is 0 Å². The Hall–Kier alpha value is -3.38. The van der Waals surface area contributed by atoms with Gasteiger partial charge in [0.1, 0.15) is 24.7 Å². The van der Waals surface area contributed by atoms with Crippen LogP contribution in [0, 0.1) is 0 Å². The number of esters is 1. The van der Waals surface area contributed by atoms with Gasteiger partial charge >= 0.3 is 5.97 Å². The third kappa shape index (κ3) is 4.38. The van der Waals surface area contributed by atoms with Crippen molar-refractivity contribution in [2.24, 2.45) is 0 Å². The van der Waals surface area contributed by atoms with Crippen molar-refractivity contribution in [2.75, 3.05) is 13.2 Å². The number of ether oxygens (including phenoxy) is 2. The number of rotatable bonds is 8. The number of para-hydroxylation sites is 1. The summed E-state index contributed by atoms with van der Waals surface area (Å²) in [6.45, 7) is 2.88. The molecule has 148 valence electrons. The summed E-state index contributed by atoms with van der Waals surface area (Å²) in [5.74, 6) is 0.915. The lowest BCUT2D eigenvalue weighted by Crippen LogP contribution is -2.12. The van der Waals surface area contributed by atoms with E-state index in [4.69, 9.17) is 19.0 Å². The number of aromatic nitrogens is 2. The molecular weight excluding hydrogens is 368 g/mol. The SMILES string of the molecule is CCOC(=O)COCc1ccc(-c2nn(Cc3ccccc3)c3ccccc23)o1. The monoisotopic (exact) mass is 390 g/mol. The second kappa shape index (κ2) is 8.75. The fourth-order valence-electron chi connectivity index (χ4n) is 3.21. The molecular formula is C23H22N2O4. The third-order valence-corrected chi connectivity index (χ3v) is 4.50. The van der Waals surface area contributed by atoms with E-state index in [0.717, 1.165) is 16.6 Å². The Bertz CT molecular complexity index is 1100. The van der Waals surface area contributed by atoms with E-state index in [0.29, 0.717) is 24.7 Å². The van der Waals surface area contributed by atoms with E-state index in [9.17, 15) is 4.79 Å². The lowest BCUT2D eigenvalue weighted by Gasteiger charge is -2.03. The Kier molecular flexibility index (Phi) is 5.72. The number of hydrogen-bond acceptors (Lipinski definition) is 5. The van der Waals surface area contributed by atoms with Gasteiger partial charge in [0.05, 0.1) is 18.7 Å². The van der Waals surface area contributed by atoms with Gasteiger partial charge in [0.25, 0.3) is 0 Å². The molecule has 0 saturated carbocycles. The Morgan fingerprint density at radius 1 is 1.03 bits per heavy atom. The molecule has 6 heteroatoms. The van der Waals surface area contributed by atoms with Crippen molar-refractivity contribution in [2.45, 2.75) is 20.1 Å². The largest absolute Gasteiger partial charge is 0.464 e. The molecule has 0 aliphatic heterocycles. The van der Waals surface area contributed by atoms with Crippen LogP contribution < -0.4 is 0 Å². The second-order valence-corrected chi connectivity index (χ2v) is 6.57. The summed E-state index contributed by atoms with van der Waals surface area (Å²) in [4.78, 5) is 11.4. The number of carbonyl (C=O) groups is 1. The molecule has 4 rings (SSSR count). The average Bonchev–Trinajstić information content (AvgIpc) is 3.34. The Balaban J connectivity index is 1.55. The number of furan rings is 1. The fraction of sp³-hybridized carbons (Fsp3) is 0.217. The van der Waals surface area contributed by atoms with Gasteiger partial charge < -0.3 is 13.9 Å². The smallest absolute Gasteiger partial charge is 0.332 e. The van der Waals surface area contributed by atoms with Gasteiger partial charge in [-0.3, -0.25) is 4.68 Å². The van der Waals surface area contributed by atoms with E-state index < -0.39 is 0 Å². The van der Waals surface area contributed by atoms with Gasteiger partial charge in [-0.1, -0.05) is 48.5 Å². The molecule has 0 aliphatic carbocycles. The molecule has 0 fully saturated rings. The first kappa shape index (κ1) is 19.0. The van der Waals surface area contributed by atoms with Crippen LogP contribution in [0.3, 0.4) is 0 Å². The molecule has 6 nitrogen and oxygen atoms in total. The summed E-state index contributed by atoms with van der Waals surface area (Å²) < 4.78 is 18.1. The summed E-state index contributed by atoms with van der Waals surface area (Å²) in [5.41, 5.74) is 3.01. The van der Waals surface area contributed by atoms with Gasteiger partial charge in [-0.2, -0.15) is 5.10 Å². The highest BCUT2D eigenvalue weighted by Crippen LogP contribution is 2.30. The van der Waals surface area contributed by atoms with E-state index in [2.05, 4.69) is 18.2 Å². The number of hydrogen-bond donors (Lipinski definition) is 0. The molecule has 0 spiro atoms. The van der Waals surface area contributed by atoms with Crippen molar-refractivity contribution < 1.29 is 18.7 Å². The molecule has 4 aromatic rings. The predicted molar refractivity (Wildman–Crippen MR) is 109 cm³/mol. The van der Waals surface area contributed by atoms with Crippen LogP contribution >= 0.6 is 0 Å².